The summed E-state index contributed by atoms with van der Waals surface area (Å²) < 4.78 is 0. The van der Waals surface area contributed by atoms with Gasteiger partial charge in [0.15, 0.2) is 0 Å². The largest absolute Gasteiger partial charge is 0.395 e. The molecule has 0 aliphatic heterocycles. The van der Waals surface area contributed by atoms with Crippen LogP contribution in [0.3, 0.4) is 0 Å². The first kappa shape index (κ1) is 9.88. The van der Waals surface area contributed by atoms with Gasteiger partial charge in [0.25, 0.3) is 0 Å². The van der Waals surface area contributed by atoms with E-state index in [0.717, 1.165) is 0 Å². The lowest BCUT2D eigenvalue weighted by Crippen LogP contribution is -2.44. The molecule has 0 aromatic heterocycles. The van der Waals surface area contributed by atoms with Crippen LogP contribution in [0.4, 0.5) is 0 Å². The minimum absolute atomic E-state index is 0.0180. The van der Waals surface area contributed by atoms with Crippen LogP contribution < -0.4 is 5.32 Å². The Balaban J connectivity index is 3.60. The Bertz CT molecular complexity index is 83.7. The molecule has 0 aliphatic rings. The zero-order valence-corrected chi connectivity index (χ0v) is 6.83. The lowest BCUT2D eigenvalue weighted by atomic mass is 10.2. The van der Waals surface area contributed by atoms with E-state index >= 15 is 0 Å². The number of rotatable bonds is 4. The highest BCUT2D eigenvalue weighted by atomic mass is 16.3. The highest BCUT2D eigenvalue weighted by Gasteiger charge is 2.13. The Morgan fingerprint density at radius 3 is 1.90 bits per heavy atom. The second-order valence-corrected chi connectivity index (χ2v) is 2.85. The predicted molar refractivity (Wildman–Crippen MR) is 40.8 cm³/mol. The van der Waals surface area contributed by atoms with Crippen molar-refractivity contribution in [1.82, 2.24) is 5.32 Å². The van der Waals surface area contributed by atoms with E-state index in [0.29, 0.717) is 6.04 Å². The summed E-state index contributed by atoms with van der Waals surface area (Å²) in [5, 5.41) is 20.8. The summed E-state index contributed by atoms with van der Waals surface area (Å²) in [6.45, 7) is 5.60. The molecule has 62 valence electrons. The van der Waals surface area contributed by atoms with Gasteiger partial charge in [-0.1, -0.05) is 13.8 Å². The number of aliphatic hydroxyl groups is 2. The zero-order chi connectivity index (χ0) is 8.15. The smallest absolute Gasteiger partial charge is 0.0687 e. The number of aliphatic hydroxyl groups excluding tert-OH is 2. The first-order valence-corrected chi connectivity index (χ1v) is 3.63. The molecule has 0 saturated carbocycles. The van der Waals surface area contributed by atoms with Crippen molar-refractivity contribution in [3.8, 4) is 0 Å². The van der Waals surface area contributed by atoms with Crippen LogP contribution in [0.2, 0.25) is 0 Å². The van der Waals surface area contributed by atoms with Gasteiger partial charge >= 0.3 is 0 Å². The maximum atomic E-state index is 9.04. The standard InChI is InChI=1S/C7H17NO2/c1-5(2)8-7(4-9)6(3)10/h5-10H,4H2,1-3H3. The molecule has 0 aromatic carbocycles. The summed E-state index contributed by atoms with van der Waals surface area (Å²) in [6, 6.07) is 0.103. The monoisotopic (exact) mass is 147 g/mol. The maximum absolute atomic E-state index is 9.04. The van der Waals surface area contributed by atoms with E-state index < -0.39 is 6.10 Å². The Kier molecular flexibility index (Phi) is 4.60. The van der Waals surface area contributed by atoms with Crippen LogP contribution in [0.5, 0.6) is 0 Å². The molecule has 3 N–H and O–H groups in total. The number of hydrogen-bond donors (Lipinski definition) is 3. The molecule has 0 aliphatic carbocycles. The number of nitrogens with one attached hydrogen (secondary N) is 1. The van der Waals surface area contributed by atoms with Crippen LogP contribution in [0.15, 0.2) is 0 Å². The third kappa shape index (κ3) is 3.82. The van der Waals surface area contributed by atoms with Crippen LogP contribution >= 0.6 is 0 Å². The van der Waals surface area contributed by atoms with Crippen molar-refractivity contribution in [3.63, 3.8) is 0 Å². The van der Waals surface area contributed by atoms with Gasteiger partial charge in [-0.25, -0.2) is 0 Å². The van der Waals surface area contributed by atoms with Gasteiger partial charge in [0.1, 0.15) is 0 Å². The molecule has 2 unspecified atom stereocenters. The van der Waals surface area contributed by atoms with E-state index in [1.165, 1.54) is 0 Å². The maximum Gasteiger partial charge on any atom is 0.0687 e. The van der Waals surface area contributed by atoms with E-state index in [4.69, 9.17) is 10.2 Å². The molecule has 0 radical (unpaired) electrons. The number of hydrogen-bond acceptors (Lipinski definition) is 3. The van der Waals surface area contributed by atoms with Crippen LogP contribution in [0.25, 0.3) is 0 Å². The fourth-order valence-electron chi connectivity index (χ4n) is 0.773. The molecule has 0 bridgehead atoms. The molecule has 3 heteroatoms. The SMILES string of the molecule is CC(C)NC(CO)C(C)O. The Morgan fingerprint density at radius 2 is 1.80 bits per heavy atom. The van der Waals surface area contributed by atoms with Crippen molar-refractivity contribution in [2.24, 2.45) is 0 Å². The van der Waals surface area contributed by atoms with Crippen LogP contribution in [-0.4, -0.2) is 35.0 Å². The fraction of sp³-hybridized carbons (Fsp3) is 1.00. The van der Waals surface area contributed by atoms with E-state index in [9.17, 15) is 0 Å². The van der Waals surface area contributed by atoms with Gasteiger partial charge in [0, 0.05) is 6.04 Å². The average molecular weight is 147 g/mol. The Hall–Kier alpha value is -0.120. The highest BCUT2D eigenvalue weighted by molar-refractivity contribution is 4.72. The van der Waals surface area contributed by atoms with Crippen molar-refractivity contribution >= 4 is 0 Å². The van der Waals surface area contributed by atoms with Gasteiger partial charge in [-0.3, -0.25) is 0 Å². The van der Waals surface area contributed by atoms with Crippen molar-refractivity contribution in [3.05, 3.63) is 0 Å². The fourth-order valence-corrected chi connectivity index (χ4v) is 0.773. The molecular formula is C7H17NO2. The van der Waals surface area contributed by atoms with E-state index in [1.807, 2.05) is 13.8 Å². The third-order valence-corrected chi connectivity index (χ3v) is 1.33. The quantitative estimate of drug-likeness (QED) is 0.513. The normalized spacial score (nSPS) is 17.4. The van der Waals surface area contributed by atoms with E-state index in [-0.39, 0.29) is 12.6 Å². The van der Waals surface area contributed by atoms with Gasteiger partial charge in [-0.05, 0) is 6.92 Å². The molecule has 0 fully saturated rings. The summed E-state index contributed by atoms with van der Waals surface area (Å²) in [6.07, 6.45) is -0.493. The molecule has 10 heavy (non-hydrogen) atoms. The lowest BCUT2D eigenvalue weighted by molar-refractivity contribution is 0.0991. The molecule has 0 aromatic rings. The van der Waals surface area contributed by atoms with Gasteiger partial charge in [-0.2, -0.15) is 0 Å². The molecule has 2 atom stereocenters. The predicted octanol–water partition coefficient (Wildman–Crippen LogP) is -0.274. The molecule has 3 nitrogen and oxygen atoms in total. The van der Waals surface area contributed by atoms with E-state index in [2.05, 4.69) is 5.32 Å². The van der Waals surface area contributed by atoms with Gasteiger partial charge in [0.05, 0.1) is 18.8 Å². The van der Waals surface area contributed by atoms with Crippen molar-refractivity contribution in [2.45, 2.75) is 39.0 Å². The molecule has 0 rings (SSSR count). The molecule has 0 heterocycles. The highest BCUT2D eigenvalue weighted by Crippen LogP contribution is 1.92. The average Bonchev–Trinajstić information content (AvgIpc) is 1.81. The summed E-state index contributed by atoms with van der Waals surface area (Å²) >= 11 is 0. The van der Waals surface area contributed by atoms with Crippen molar-refractivity contribution in [2.75, 3.05) is 6.61 Å². The van der Waals surface area contributed by atoms with Gasteiger partial charge < -0.3 is 15.5 Å². The minimum Gasteiger partial charge on any atom is -0.395 e. The van der Waals surface area contributed by atoms with Crippen molar-refractivity contribution < 1.29 is 10.2 Å². The second-order valence-electron chi connectivity index (χ2n) is 2.85. The Morgan fingerprint density at radius 1 is 1.30 bits per heavy atom. The summed E-state index contributed by atoms with van der Waals surface area (Å²) in [4.78, 5) is 0. The first-order valence-electron chi connectivity index (χ1n) is 3.63. The van der Waals surface area contributed by atoms with Crippen LogP contribution in [0, 0.1) is 0 Å². The summed E-state index contributed by atoms with van der Waals surface area (Å²) in [5.41, 5.74) is 0. The zero-order valence-electron chi connectivity index (χ0n) is 6.83. The molecule has 0 amide bonds. The minimum atomic E-state index is -0.493. The topological polar surface area (TPSA) is 52.5 Å². The van der Waals surface area contributed by atoms with Crippen molar-refractivity contribution in [1.29, 1.82) is 0 Å². The van der Waals surface area contributed by atoms with Gasteiger partial charge in [-0.15, -0.1) is 0 Å². The van der Waals surface area contributed by atoms with Gasteiger partial charge in [0.2, 0.25) is 0 Å². The second kappa shape index (κ2) is 4.66. The van der Waals surface area contributed by atoms with Crippen LogP contribution in [-0.2, 0) is 0 Å². The third-order valence-electron chi connectivity index (χ3n) is 1.33. The summed E-state index contributed by atoms with van der Waals surface area (Å²) in [5.74, 6) is 0. The molecular weight excluding hydrogens is 130 g/mol. The van der Waals surface area contributed by atoms with E-state index in [1.54, 1.807) is 6.92 Å². The first-order chi connectivity index (χ1) is 4.57. The Labute approximate surface area is 62.1 Å². The molecule has 0 spiro atoms. The molecule has 0 saturated heterocycles. The van der Waals surface area contributed by atoms with Crippen LogP contribution in [0.1, 0.15) is 20.8 Å². The lowest BCUT2D eigenvalue weighted by Gasteiger charge is -2.21. The summed E-state index contributed by atoms with van der Waals surface area (Å²) in [7, 11) is 0.